The summed E-state index contributed by atoms with van der Waals surface area (Å²) in [6.45, 7) is 6.73. The third kappa shape index (κ3) is 4.47. The zero-order valence-corrected chi connectivity index (χ0v) is 19.5. The molecule has 0 saturated heterocycles. The summed E-state index contributed by atoms with van der Waals surface area (Å²) in [5, 5.41) is 4.83. The van der Waals surface area contributed by atoms with Gasteiger partial charge in [-0.05, 0) is 57.0 Å². The molecule has 4 N–H and O–H groups in total. The number of ether oxygens (including phenoxy) is 1. The Morgan fingerprint density at radius 1 is 1.27 bits per heavy atom. The lowest BCUT2D eigenvalue weighted by Crippen LogP contribution is -2.39. The molecule has 0 spiro atoms. The number of hydrogen-bond acceptors (Lipinski definition) is 8. The number of carbonyl (C=O) groups excluding carboxylic acids is 1. The third-order valence-electron chi connectivity index (χ3n) is 5.30. The lowest BCUT2D eigenvalue weighted by atomic mass is 10.1. The van der Waals surface area contributed by atoms with Gasteiger partial charge < -0.3 is 25.7 Å². The minimum Gasteiger partial charge on any atom is -0.444 e. The fourth-order valence-corrected chi connectivity index (χ4v) is 4.55. The molecule has 0 aliphatic carbocycles. The number of aromatic nitrogens is 4. The van der Waals surface area contributed by atoms with Gasteiger partial charge in [-0.15, -0.1) is 0 Å². The number of anilines is 3. The van der Waals surface area contributed by atoms with Crippen LogP contribution in [-0.4, -0.2) is 49.6 Å². The maximum Gasteiger partial charge on any atom is 0.410 e. The van der Waals surface area contributed by atoms with E-state index >= 15 is 0 Å². The van der Waals surface area contributed by atoms with Crippen molar-refractivity contribution in [2.24, 2.45) is 0 Å². The van der Waals surface area contributed by atoms with Crippen molar-refractivity contribution in [2.45, 2.75) is 32.8 Å². The first-order valence-corrected chi connectivity index (χ1v) is 11.5. The molecule has 4 heterocycles. The fourth-order valence-electron chi connectivity index (χ4n) is 3.78. The van der Waals surface area contributed by atoms with Gasteiger partial charge in [-0.3, -0.25) is 0 Å². The van der Waals surface area contributed by atoms with Crippen LogP contribution in [0.2, 0.25) is 0 Å². The van der Waals surface area contributed by atoms with Crippen LogP contribution in [-0.2, 0) is 4.74 Å². The van der Waals surface area contributed by atoms with Crippen molar-refractivity contribution in [2.75, 3.05) is 24.1 Å². The lowest BCUT2D eigenvalue weighted by molar-refractivity contribution is 0.0270. The highest BCUT2D eigenvalue weighted by Gasteiger charge is 2.24. The molecule has 33 heavy (non-hydrogen) atoms. The van der Waals surface area contributed by atoms with Gasteiger partial charge in [0.2, 0.25) is 0 Å². The first-order valence-electron chi connectivity index (χ1n) is 10.7. The van der Waals surface area contributed by atoms with Crippen LogP contribution < -0.4 is 11.1 Å². The largest absolute Gasteiger partial charge is 0.444 e. The number of hydrogen-bond donors (Lipinski definition) is 3. The van der Waals surface area contributed by atoms with Crippen LogP contribution in [0.4, 0.5) is 21.4 Å². The highest BCUT2D eigenvalue weighted by Crippen LogP contribution is 2.31. The topological polar surface area (TPSA) is 122 Å². The van der Waals surface area contributed by atoms with E-state index in [0.717, 1.165) is 44.6 Å². The van der Waals surface area contributed by atoms with Crippen molar-refractivity contribution in [3.05, 3.63) is 42.4 Å². The number of carbonyl (C=O) groups is 1. The van der Waals surface area contributed by atoms with E-state index in [9.17, 15) is 4.79 Å². The van der Waals surface area contributed by atoms with E-state index in [-0.39, 0.29) is 6.09 Å². The van der Waals surface area contributed by atoms with Gasteiger partial charge in [-0.1, -0.05) is 17.4 Å². The Bertz CT molecular complexity index is 1380. The van der Waals surface area contributed by atoms with Gasteiger partial charge in [-0.25, -0.2) is 19.7 Å². The summed E-state index contributed by atoms with van der Waals surface area (Å²) >= 11 is 1.45. The molecule has 5 rings (SSSR count). The average molecular weight is 464 g/mol. The number of nitrogens with zero attached hydrogens (tertiary/aromatic N) is 4. The predicted octanol–water partition coefficient (Wildman–Crippen LogP) is 4.92. The van der Waals surface area contributed by atoms with Crippen molar-refractivity contribution in [3.8, 4) is 0 Å². The number of rotatable bonds is 3. The van der Waals surface area contributed by atoms with E-state index in [1.165, 1.54) is 17.7 Å². The Hall–Kier alpha value is -3.66. The Morgan fingerprint density at radius 3 is 2.88 bits per heavy atom. The second kappa shape index (κ2) is 8.04. The van der Waals surface area contributed by atoms with E-state index in [0.29, 0.717) is 24.0 Å². The van der Waals surface area contributed by atoms with Gasteiger partial charge in [0.25, 0.3) is 0 Å². The Balaban J connectivity index is 1.37. The molecule has 3 aromatic heterocycles. The maximum atomic E-state index is 12.3. The van der Waals surface area contributed by atoms with Crippen LogP contribution in [0.15, 0.2) is 36.7 Å². The molecule has 170 valence electrons. The van der Waals surface area contributed by atoms with Crippen molar-refractivity contribution >= 4 is 60.9 Å². The monoisotopic (exact) mass is 463 g/mol. The van der Waals surface area contributed by atoms with Crippen LogP contribution in [0.3, 0.4) is 0 Å². The number of aromatic amines is 1. The SMILES string of the molecule is CC(C)(C)OC(=O)N1CC=C(c2cc3c(Nc4ccc5nc(N)sc5c4)ncnc3[nH]2)CC1. The molecule has 0 saturated carbocycles. The number of benzene rings is 1. The summed E-state index contributed by atoms with van der Waals surface area (Å²) in [6.07, 6.45) is 4.03. The summed E-state index contributed by atoms with van der Waals surface area (Å²) in [5.41, 5.74) is 9.97. The summed E-state index contributed by atoms with van der Waals surface area (Å²) in [7, 11) is 0. The normalized spacial score (nSPS) is 14.5. The van der Waals surface area contributed by atoms with Crippen LogP contribution in [0.1, 0.15) is 32.9 Å². The summed E-state index contributed by atoms with van der Waals surface area (Å²) < 4.78 is 6.49. The summed E-state index contributed by atoms with van der Waals surface area (Å²) in [5.74, 6) is 0.714. The van der Waals surface area contributed by atoms with Crippen molar-refractivity contribution in [1.29, 1.82) is 0 Å². The zero-order valence-electron chi connectivity index (χ0n) is 18.7. The molecule has 4 aromatic rings. The molecule has 0 atom stereocenters. The standard InChI is InChI=1S/C23H25N7O2S/c1-23(2,3)32-22(31)30-8-6-13(7-9-30)17-11-15-19(25-12-26-20(15)28-17)27-14-4-5-16-18(10-14)33-21(24)29-16/h4-6,10-12H,7-9H2,1-3H3,(H2,24,29)(H2,25,26,27,28). The minimum absolute atomic E-state index is 0.286. The Labute approximate surface area is 194 Å². The number of nitrogens with two attached hydrogens (primary N) is 1. The molecule has 1 aliphatic rings. The van der Waals surface area contributed by atoms with Gasteiger partial charge in [0.05, 0.1) is 15.6 Å². The molecule has 0 unspecified atom stereocenters. The minimum atomic E-state index is -0.503. The van der Waals surface area contributed by atoms with Crippen molar-refractivity contribution in [1.82, 2.24) is 24.8 Å². The molecular weight excluding hydrogens is 438 g/mol. The highest BCUT2D eigenvalue weighted by atomic mass is 32.1. The predicted molar refractivity (Wildman–Crippen MR) is 132 cm³/mol. The first kappa shape index (κ1) is 21.2. The van der Waals surface area contributed by atoms with Crippen LogP contribution in [0.25, 0.3) is 26.8 Å². The van der Waals surface area contributed by atoms with Crippen molar-refractivity contribution in [3.63, 3.8) is 0 Å². The zero-order chi connectivity index (χ0) is 23.2. The molecule has 1 aliphatic heterocycles. The van der Waals surface area contributed by atoms with E-state index in [1.807, 2.05) is 39.0 Å². The van der Waals surface area contributed by atoms with Gasteiger partial charge in [0, 0.05) is 24.5 Å². The van der Waals surface area contributed by atoms with Crippen LogP contribution >= 0.6 is 11.3 Å². The molecule has 9 nitrogen and oxygen atoms in total. The Morgan fingerprint density at radius 2 is 2.12 bits per heavy atom. The summed E-state index contributed by atoms with van der Waals surface area (Å²) in [4.78, 5) is 30.6. The van der Waals surface area contributed by atoms with Gasteiger partial charge >= 0.3 is 6.09 Å². The molecule has 1 amide bonds. The van der Waals surface area contributed by atoms with E-state index < -0.39 is 5.60 Å². The summed E-state index contributed by atoms with van der Waals surface area (Å²) in [6, 6.07) is 7.96. The van der Waals surface area contributed by atoms with E-state index in [1.54, 1.807) is 4.90 Å². The number of fused-ring (bicyclic) bond motifs is 2. The van der Waals surface area contributed by atoms with Gasteiger partial charge in [0.15, 0.2) is 5.13 Å². The van der Waals surface area contributed by atoms with E-state index in [4.69, 9.17) is 10.5 Å². The maximum absolute atomic E-state index is 12.3. The fraction of sp³-hybridized carbons (Fsp3) is 0.304. The lowest BCUT2D eigenvalue weighted by Gasteiger charge is -2.29. The number of H-pyrrole nitrogens is 1. The van der Waals surface area contributed by atoms with Crippen molar-refractivity contribution < 1.29 is 9.53 Å². The van der Waals surface area contributed by atoms with Crippen LogP contribution in [0.5, 0.6) is 0 Å². The van der Waals surface area contributed by atoms with Gasteiger partial charge in [0.1, 0.15) is 23.4 Å². The second-order valence-corrected chi connectivity index (χ2v) is 10.00. The third-order valence-corrected chi connectivity index (χ3v) is 6.15. The molecule has 0 fully saturated rings. The number of thiazole rings is 1. The van der Waals surface area contributed by atoms with Crippen LogP contribution in [0, 0.1) is 0 Å². The number of nitrogen functional groups attached to an aromatic ring is 1. The molecule has 1 aromatic carbocycles. The average Bonchev–Trinajstić information content (AvgIpc) is 3.35. The van der Waals surface area contributed by atoms with Gasteiger partial charge in [-0.2, -0.15) is 0 Å². The molecule has 10 heteroatoms. The smallest absolute Gasteiger partial charge is 0.410 e. The van der Waals surface area contributed by atoms with E-state index in [2.05, 4.69) is 37.4 Å². The quantitative estimate of drug-likeness (QED) is 0.394. The first-order chi connectivity index (χ1) is 15.7. The highest BCUT2D eigenvalue weighted by molar-refractivity contribution is 7.22. The molecule has 0 bridgehead atoms. The molecule has 0 radical (unpaired) electrons. The molecular formula is C23H25N7O2S. The Kier molecular flexibility index (Phi) is 5.16. The number of nitrogens with one attached hydrogen (secondary N) is 2. The number of amides is 1. The second-order valence-electron chi connectivity index (χ2n) is 8.93.